The summed E-state index contributed by atoms with van der Waals surface area (Å²) < 4.78 is 5.36. The number of aliphatic imine (C=N–C) groups is 1. The molecule has 116 valence electrons. The summed E-state index contributed by atoms with van der Waals surface area (Å²) in [5.74, 6) is 1.03. The van der Waals surface area contributed by atoms with E-state index in [9.17, 15) is 0 Å². The van der Waals surface area contributed by atoms with E-state index in [0.717, 1.165) is 58.2 Å². The molecule has 21 heavy (non-hydrogen) atoms. The smallest absolute Gasteiger partial charge is 0.194 e. The van der Waals surface area contributed by atoms with Crippen LogP contribution in [-0.4, -0.2) is 43.7 Å². The highest BCUT2D eigenvalue weighted by Gasteiger charge is 2.18. The van der Waals surface area contributed by atoms with Gasteiger partial charge in [0.15, 0.2) is 5.96 Å². The second-order valence-electron chi connectivity index (χ2n) is 5.23. The third-order valence-electron chi connectivity index (χ3n) is 3.68. The summed E-state index contributed by atoms with van der Waals surface area (Å²) in [5, 5.41) is 3.41. The number of guanidine groups is 1. The Morgan fingerprint density at radius 1 is 1.29 bits per heavy atom. The molecule has 0 spiro atoms. The summed E-state index contributed by atoms with van der Waals surface area (Å²) in [6, 6.07) is 8.70. The number of hydrogen-bond acceptors (Lipinski definition) is 2. The Bertz CT molecular complexity index is 459. The van der Waals surface area contributed by atoms with Gasteiger partial charge in [0, 0.05) is 39.4 Å². The molecule has 0 fully saturated rings. The van der Waals surface area contributed by atoms with E-state index in [-0.39, 0.29) is 0 Å². The Labute approximate surface area is 128 Å². The summed E-state index contributed by atoms with van der Waals surface area (Å²) in [4.78, 5) is 7.09. The molecule has 0 radical (unpaired) electrons. The van der Waals surface area contributed by atoms with Gasteiger partial charge in [0.25, 0.3) is 0 Å². The SMILES string of the molecule is CCNC(=NCCCOCC)N1CCc2ccccc2C1. The average molecular weight is 289 g/mol. The van der Waals surface area contributed by atoms with Gasteiger partial charge in [-0.3, -0.25) is 4.99 Å². The van der Waals surface area contributed by atoms with E-state index in [0.29, 0.717) is 0 Å². The van der Waals surface area contributed by atoms with Gasteiger partial charge in [0.1, 0.15) is 0 Å². The monoisotopic (exact) mass is 289 g/mol. The van der Waals surface area contributed by atoms with Crippen molar-refractivity contribution in [1.82, 2.24) is 10.2 Å². The first-order chi connectivity index (χ1) is 10.3. The summed E-state index contributed by atoms with van der Waals surface area (Å²) >= 11 is 0. The van der Waals surface area contributed by atoms with Crippen LogP contribution in [0.1, 0.15) is 31.4 Å². The zero-order valence-corrected chi connectivity index (χ0v) is 13.3. The molecule has 0 aliphatic carbocycles. The van der Waals surface area contributed by atoms with Crippen LogP contribution in [-0.2, 0) is 17.7 Å². The fourth-order valence-corrected chi connectivity index (χ4v) is 2.60. The lowest BCUT2D eigenvalue weighted by molar-refractivity contribution is 0.146. The largest absolute Gasteiger partial charge is 0.382 e. The van der Waals surface area contributed by atoms with Gasteiger partial charge < -0.3 is 15.0 Å². The molecule has 0 atom stereocenters. The number of nitrogens with zero attached hydrogens (tertiary/aromatic N) is 2. The molecule has 2 rings (SSSR count). The summed E-state index contributed by atoms with van der Waals surface area (Å²) in [7, 11) is 0. The van der Waals surface area contributed by atoms with Gasteiger partial charge in [-0.1, -0.05) is 24.3 Å². The topological polar surface area (TPSA) is 36.9 Å². The number of fused-ring (bicyclic) bond motifs is 1. The predicted molar refractivity (Wildman–Crippen MR) is 87.6 cm³/mol. The number of hydrogen-bond donors (Lipinski definition) is 1. The number of benzene rings is 1. The van der Waals surface area contributed by atoms with E-state index in [4.69, 9.17) is 9.73 Å². The van der Waals surface area contributed by atoms with Gasteiger partial charge in [-0.2, -0.15) is 0 Å². The molecule has 1 aromatic carbocycles. The lowest BCUT2D eigenvalue weighted by Gasteiger charge is -2.31. The van der Waals surface area contributed by atoms with Crippen molar-refractivity contribution in [1.29, 1.82) is 0 Å². The number of nitrogens with one attached hydrogen (secondary N) is 1. The van der Waals surface area contributed by atoms with Crippen LogP contribution in [0.15, 0.2) is 29.3 Å². The molecular weight excluding hydrogens is 262 g/mol. The van der Waals surface area contributed by atoms with Crippen LogP contribution >= 0.6 is 0 Å². The van der Waals surface area contributed by atoms with Gasteiger partial charge in [-0.15, -0.1) is 0 Å². The summed E-state index contributed by atoms with van der Waals surface area (Å²) in [5.41, 5.74) is 2.89. The molecule has 1 N–H and O–H groups in total. The van der Waals surface area contributed by atoms with Crippen molar-refractivity contribution >= 4 is 5.96 Å². The van der Waals surface area contributed by atoms with E-state index < -0.39 is 0 Å². The Morgan fingerprint density at radius 3 is 2.86 bits per heavy atom. The van der Waals surface area contributed by atoms with Crippen molar-refractivity contribution in [2.45, 2.75) is 33.2 Å². The molecule has 1 aliphatic rings. The van der Waals surface area contributed by atoms with Gasteiger partial charge in [0.2, 0.25) is 0 Å². The minimum Gasteiger partial charge on any atom is -0.382 e. The molecule has 0 saturated carbocycles. The van der Waals surface area contributed by atoms with Gasteiger partial charge in [-0.05, 0) is 37.8 Å². The molecule has 1 heterocycles. The molecule has 0 aromatic heterocycles. The lowest BCUT2D eigenvalue weighted by Crippen LogP contribution is -2.44. The Hall–Kier alpha value is -1.55. The van der Waals surface area contributed by atoms with Crippen molar-refractivity contribution < 1.29 is 4.74 Å². The quantitative estimate of drug-likeness (QED) is 0.496. The van der Waals surface area contributed by atoms with Gasteiger partial charge >= 0.3 is 0 Å². The van der Waals surface area contributed by atoms with E-state index in [2.05, 4.69) is 41.4 Å². The Balaban J connectivity index is 1.94. The van der Waals surface area contributed by atoms with Crippen molar-refractivity contribution in [2.24, 2.45) is 4.99 Å². The highest BCUT2D eigenvalue weighted by molar-refractivity contribution is 5.80. The maximum absolute atomic E-state index is 5.36. The van der Waals surface area contributed by atoms with E-state index >= 15 is 0 Å². The number of ether oxygens (including phenoxy) is 1. The van der Waals surface area contributed by atoms with Crippen LogP contribution in [0.3, 0.4) is 0 Å². The minimum absolute atomic E-state index is 0.784. The highest BCUT2D eigenvalue weighted by Crippen LogP contribution is 2.18. The fourth-order valence-electron chi connectivity index (χ4n) is 2.60. The van der Waals surface area contributed by atoms with Crippen LogP contribution < -0.4 is 5.32 Å². The molecule has 4 nitrogen and oxygen atoms in total. The first kappa shape index (κ1) is 15.8. The second-order valence-corrected chi connectivity index (χ2v) is 5.23. The van der Waals surface area contributed by atoms with Gasteiger partial charge in [0.05, 0.1) is 0 Å². The van der Waals surface area contributed by atoms with E-state index in [1.165, 1.54) is 11.1 Å². The zero-order valence-electron chi connectivity index (χ0n) is 13.3. The summed E-state index contributed by atoms with van der Waals surface area (Å²) in [6.45, 7) is 9.44. The molecule has 0 saturated heterocycles. The maximum Gasteiger partial charge on any atom is 0.194 e. The Morgan fingerprint density at radius 2 is 2.10 bits per heavy atom. The molecule has 4 heteroatoms. The summed E-state index contributed by atoms with van der Waals surface area (Å²) in [6.07, 6.45) is 2.08. The fraction of sp³-hybridized carbons (Fsp3) is 0.588. The molecule has 0 unspecified atom stereocenters. The van der Waals surface area contributed by atoms with Crippen molar-refractivity contribution in [3.8, 4) is 0 Å². The minimum atomic E-state index is 0.784. The second kappa shape index (κ2) is 8.67. The first-order valence-corrected chi connectivity index (χ1v) is 8.03. The normalized spacial score (nSPS) is 15.0. The molecule has 1 aromatic rings. The molecule has 0 bridgehead atoms. The van der Waals surface area contributed by atoms with Crippen molar-refractivity contribution in [3.05, 3.63) is 35.4 Å². The molecule has 0 amide bonds. The molecule has 1 aliphatic heterocycles. The van der Waals surface area contributed by atoms with Crippen molar-refractivity contribution in [2.75, 3.05) is 32.8 Å². The standard InChI is InChI=1S/C17H27N3O/c1-3-18-17(19-11-7-13-21-4-2)20-12-10-15-8-5-6-9-16(15)14-20/h5-6,8-9H,3-4,7,10-14H2,1-2H3,(H,18,19). The van der Waals surface area contributed by atoms with E-state index in [1.54, 1.807) is 0 Å². The van der Waals surface area contributed by atoms with Crippen LogP contribution in [0.4, 0.5) is 0 Å². The third kappa shape index (κ3) is 4.74. The van der Waals surface area contributed by atoms with Crippen LogP contribution in [0.5, 0.6) is 0 Å². The predicted octanol–water partition coefficient (Wildman–Crippen LogP) is 2.44. The highest BCUT2D eigenvalue weighted by atomic mass is 16.5. The third-order valence-corrected chi connectivity index (χ3v) is 3.68. The maximum atomic E-state index is 5.36. The van der Waals surface area contributed by atoms with E-state index in [1.807, 2.05) is 6.92 Å². The van der Waals surface area contributed by atoms with Crippen LogP contribution in [0, 0.1) is 0 Å². The Kier molecular flexibility index (Phi) is 6.54. The zero-order chi connectivity index (χ0) is 14.9. The first-order valence-electron chi connectivity index (χ1n) is 8.03. The van der Waals surface area contributed by atoms with Crippen LogP contribution in [0.25, 0.3) is 0 Å². The average Bonchev–Trinajstić information content (AvgIpc) is 2.53. The lowest BCUT2D eigenvalue weighted by atomic mass is 10.0. The van der Waals surface area contributed by atoms with Gasteiger partial charge in [-0.25, -0.2) is 0 Å². The van der Waals surface area contributed by atoms with Crippen LogP contribution in [0.2, 0.25) is 0 Å². The number of rotatable bonds is 6. The van der Waals surface area contributed by atoms with Crippen molar-refractivity contribution in [3.63, 3.8) is 0 Å². The molecular formula is C17H27N3O.